The van der Waals surface area contributed by atoms with Crippen LogP contribution < -0.4 is 9.80 Å². The van der Waals surface area contributed by atoms with Crippen LogP contribution in [-0.4, -0.2) is 28.6 Å². The maximum Gasteiger partial charge on any atom is 0.342 e. The van der Waals surface area contributed by atoms with Gasteiger partial charge in [0.1, 0.15) is 0 Å². The molecule has 0 aliphatic carbocycles. The zero-order valence-corrected chi connectivity index (χ0v) is 16.5. The highest BCUT2D eigenvalue weighted by molar-refractivity contribution is 6.43. The van der Waals surface area contributed by atoms with Crippen LogP contribution in [0.25, 0.3) is 0 Å². The number of carbonyl (C=O) groups excluding carboxylic acids is 4. The van der Waals surface area contributed by atoms with Gasteiger partial charge in [-0.25, -0.2) is 14.6 Å². The third-order valence-corrected chi connectivity index (χ3v) is 4.97. The van der Waals surface area contributed by atoms with Crippen LogP contribution in [0.4, 0.5) is 21.9 Å². The highest BCUT2D eigenvalue weighted by Crippen LogP contribution is 2.30. The quantitative estimate of drug-likeness (QED) is 0.265. The summed E-state index contributed by atoms with van der Waals surface area (Å²) in [6.45, 7) is 0. The maximum absolute atomic E-state index is 13.2. The lowest BCUT2D eigenvalue weighted by atomic mass is 9.92. The Hall–Kier alpha value is -4.66. The van der Waals surface area contributed by atoms with Crippen molar-refractivity contribution in [1.29, 1.82) is 0 Å². The first-order valence-corrected chi connectivity index (χ1v) is 9.51. The minimum absolute atomic E-state index is 0.0577. The molecule has 0 radical (unpaired) electrons. The number of ketones is 1. The number of benzene rings is 3. The second-order valence-corrected chi connectivity index (χ2v) is 6.90. The molecule has 0 spiro atoms. The number of Topliss-reactive ketones (excluding diaryl/α,β-unsaturated/α-hetero) is 1. The molecule has 4 amide bonds. The van der Waals surface area contributed by atoms with Gasteiger partial charge in [0.25, 0.3) is 17.5 Å². The smallest absolute Gasteiger partial charge is 0.293 e. The molecule has 0 saturated carbocycles. The van der Waals surface area contributed by atoms with Crippen molar-refractivity contribution >= 4 is 40.7 Å². The van der Waals surface area contributed by atoms with Crippen LogP contribution in [0.5, 0.6) is 0 Å². The van der Waals surface area contributed by atoms with Gasteiger partial charge in [-0.05, 0) is 36.4 Å². The van der Waals surface area contributed by atoms with E-state index in [4.69, 9.17) is 0 Å². The van der Waals surface area contributed by atoms with E-state index in [0.717, 1.165) is 21.9 Å². The molecule has 32 heavy (non-hydrogen) atoms. The number of nitro benzene ring substituents is 1. The molecule has 1 aliphatic rings. The Morgan fingerprint density at radius 3 is 1.56 bits per heavy atom. The Labute approximate surface area is 181 Å². The Morgan fingerprint density at radius 1 is 0.719 bits per heavy atom. The van der Waals surface area contributed by atoms with Crippen molar-refractivity contribution in [2.24, 2.45) is 5.92 Å². The van der Waals surface area contributed by atoms with Gasteiger partial charge in [-0.2, -0.15) is 0 Å². The van der Waals surface area contributed by atoms with Crippen molar-refractivity contribution in [1.82, 2.24) is 0 Å². The second kappa shape index (κ2) is 8.23. The zero-order chi connectivity index (χ0) is 22.8. The first-order chi connectivity index (χ1) is 15.4. The molecule has 1 saturated heterocycles. The molecular weight excluding hydrogens is 414 g/mol. The lowest BCUT2D eigenvalue weighted by molar-refractivity contribution is -0.384. The van der Waals surface area contributed by atoms with Crippen molar-refractivity contribution < 1.29 is 24.1 Å². The molecule has 9 nitrogen and oxygen atoms in total. The molecule has 3 aromatic carbocycles. The zero-order valence-electron chi connectivity index (χ0n) is 16.5. The summed E-state index contributed by atoms with van der Waals surface area (Å²) in [6.07, 6.45) is 0. The fraction of sp³-hybridized carbons (Fsp3) is 0.0435. The second-order valence-electron chi connectivity index (χ2n) is 6.90. The van der Waals surface area contributed by atoms with Crippen LogP contribution in [0.1, 0.15) is 10.4 Å². The summed E-state index contributed by atoms with van der Waals surface area (Å²) in [5.74, 6) is -4.65. The number of hydrogen-bond acceptors (Lipinski definition) is 6. The average molecular weight is 429 g/mol. The van der Waals surface area contributed by atoms with Crippen molar-refractivity contribution in [2.75, 3.05) is 9.80 Å². The molecule has 0 unspecified atom stereocenters. The molecule has 0 aromatic heterocycles. The van der Waals surface area contributed by atoms with E-state index in [1.807, 2.05) is 0 Å². The summed E-state index contributed by atoms with van der Waals surface area (Å²) in [7, 11) is 0. The van der Waals surface area contributed by atoms with E-state index in [9.17, 15) is 29.3 Å². The molecule has 0 bridgehead atoms. The number of para-hydroxylation sites is 2. The third-order valence-electron chi connectivity index (χ3n) is 4.97. The van der Waals surface area contributed by atoms with Gasteiger partial charge in [0, 0.05) is 17.7 Å². The minimum atomic E-state index is -1.82. The SMILES string of the molecule is O=C(c1ccc([N+](=O)[O-])cc1)C1C(=O)N(c2ccccc2)C(=O)N(c2ccccc2)C1=O. The fourth-order valence-electron chi connectivity index (χ4n) is 3.42. The van der Waals surface area contributed by atoms with Crippen molar-refractivity contribution in [3.63, 3.8) is 0 Å². The van der Waals surface area contributed by atoms with Crippen molar-refractivity contribution in [3.05, 3.63) is 101 Å². The van der Waals surface area contributed by atoms with Gasteiger partial charge in [0.05, 0.1) is 16.3 Å². The van der Waals surface area contributed by atoms with Crippen molar-refractivity contribution in [3.8, 4) is 0 Å². The van der Waals surface area contributed by atoms with E-state index >= 15 is 0 Å². The molecule has 4 rings (SSSR count). The van der Waals surface area contributed by atoms with Crippen molar-refractivity contribution in [2.45, 2.75) is 0 Å². The van der Waals surface area contributed by atoms with Crippen LogP contribution in [0.15, 0.2) is 84.9 Å². The molecule has 9 heteroatoms. The summed E-state index contributed by atoms with van der Waals surface area (Å²) in [4.78, 5) is 64.7. The van der Waals surface area contributed by atoms with Gasteiger partial charge in [0.2, 0.25) is 0 Å². The van der Waals surface area contributed by atoms with E-state index in [0.29, 0.717) is 0 Å². The number of rotatable bonds is 5. The molecule has 0 atom stereocenters. The van der Waals surface area contributed by atoms with Crippen LogP contribution in [-0.2, 0) is 9.59 Å². The summed E-state index contributed by atoms with van der Waals surface area (Å²) < 4.78 is 0. The number of non-ortho nitro benzene ring substituents is 1. The van der Waals surface area contributed by atoms with E-state index in [1.54, 1.807) is 36.4 Å². The fourth-order valence-corrected chi connectivity index (χ4v) is 3.42. The van der Waals surface area contributed by atoms with Gasteiger partial charge in [-0.15, -0.1) is 0 Å². The first kappa shape index (κ1) is 20.6. The summed E-state index contributed by atoms with van der Waals surface area (Å²) in [6, 6.07) is 19.6. The molecule has 3 aromatic rings. The number of barbiturate groups is 1. The highest BCUT2D eigenvalue weighted by Gasteiger charge is 2.50. The molecule has 0 N–H and O–H groups in total. The van der Waals surface area contributed by atoms with Gasteiger partial charge in [0.15, 0.2) is 11.7 Å². The largest absolute Gasteiger partial charge is 0.342 e. The first-order valence-electron chi connectivity index (χ1n) is 9.51. The van der Waals surface area contributed by atoms with Gasteiger partial charge in [-0.1, -0.05) is 36.4 Å². The Balaban J connectivity index is 1.80. The lowest BCUT2D eigenvalue weighted by Crippen LogP contribution is -2.62. The summed E-state index contributed by atoms with van der Waals surface area (Å²) >= 11 is 0. The number of carbonyl (C=O) groups is 4. The average Bonchev–Trinajstić information content (AvgIpc) is 2.80. The van der Waals surface area contributed by atoms with Gasteiger partial charge in [-0.3, -0.25) is 24.5 Å². The van der Waals surface area contributed by atoms with Gasteiger partial charge >= 0.3 is 6.03 Å². The third kappa shape index (κ3) is 3.52. The standard InChI is InChI=1S/C23H15N3O6/c27-20(15-11-13-18(14-12-15)26(31)32)19-21(28)24(16-7-3-1-4-8-16)23(30)25(22(19)29)17-9-5-2-6-10-17/h1-14,19H. The van der Waals surface area contributed by atoms with Crippen LogP contribution >= 0.6 is 0 Å². The van der Waals surface area contributed by atoms with E-state index < -0.39 is 34.5 Å². The number of anilines is 2. The van der Waals surface area contributed by atoms with Crippen LogP contribution in [0.3, 0.4) is 0 Å². The van der Waals surface area contributed by atoms with E-state index in [-0.39, 0.29) is 22.6 Å². The number of urea groups is 1. The normalized spacial score (nSPS) is 14.6. The Morgan fingerprint density at radius 2 is 1.16 bits per heavy atom. The highest BCUT2D eigenvalue weighted by atomic mass is 16.6. The number of hydrogen-bond donors (Lipinski definition) is 0. The topological polar surface area (TPSA) is 118 Å². The molecule has 158 valence electrons. The Kier molecular flexibility index (Phi) is 5.30. The Bertz CT molecular complexity index is 1160. The summed E-state index contributed by atoms with van der Waals surface area (Å²) in [5, 5.41) is 10.9. The van der Waals surface area contributed by atoms with Crippen LogP contribution in [0, 0.1) is 16.0 Å². The van der Waals surface area contributed by atoms with Gasteiger partial charge < -0.3 is 0 Å². The maximum atomic E-state index is 13.2. The van der Waals surface area contributed by atoms with Crippen LogP contribution in [0.2, 0.25) is 0 Å². The monoisotopic (exact) mass is 429 g/mol. The molecule has 1 aliphatic heterocycles. The number of imide groups is 2. The lowest BCUT2D eigenvalue weighted by Gasteiger charge is -2.36. The summed E-state index contributed by atoms with van der Waals surface area (Å²) in [5.41, 5.74) is 0.113. The number of nitrogens with zero attached hydrogens (tertiary/aromatic N) is 3. The molecule has 1 heterocycles. The molecule has 1 fully saturated rings. The van der Waals surface area contributed by atoms with E-state index in [2.05, 4.69) is 0 Å². The predicted molar refractivity (Wildman–Crippen MR) is 114 cm³/mol. The number of amides is 4. The van der Waals surface area contributed by atoms with E-state index in [1.165, 1.54) is 36.4 Å². The predicted octanol–water partition coefficient (Wildman–Crippen LogP) is 3.59. The minimum Gasteiger partial charge on any atom is -0.293 e. The number of nitro groups is 1. The molecular formula is C23H15N3O6.